The van der Waals surface area contributed by atoms with E-state index in [1.165, 1.54) is 50.3 Å². The van der Waals surface area contributed by atoms with Gasteiger partial charge in [0.2, 0.25) is 0 Å². The molecule has 0 aromatic heterocycles. The Morgan fingerprint density at radius 1 is 0.649 bits per heavy atom. The topological polar surface area (TPSA) is 310 Å². The van der Waals surface area contributed by atoms with Crippen molar-refractivity contribution in [1.29, 1.82) is 0 Å². The number of carbonyl (C=O) groups excluding carboxylic acids is 2. The maximum Gasteiger partial charge on any atom is 0.331 e. The SMILES string of the molecule is CC(=O)O[C@H]1[C@H](OCCc2ccc(O)c(O)c2)O[C@H](CO[C@@H]2O[C@H](C)[C@H](O)[C@H](O)[C@@H]2O)[C@@H](OC(=O)/C=C\c2ccc(O)c(O)c2)[C@@H]1O[C@@H]1O[C@H](C)[C@H](O)[C@H](O)[C@@H]1O. The highest BCUT2D eigenvalue weighted by Crippen LogP contribution is 2.35. The van der Waals surface area contributed by atoms with Crippen LogP contribution < -0.4 is 0 Å². The van der Waals surface area contributed by atoms with E-state index in [0.717, 1.165) is 19.1 Å². The lowest BCUT2D eigenvalue weighted by atomic mass is 9.96. The first-order valence-electron chi connectivity index (χ1n) is 18.0. The van der Waals surface area contributed by atoms with Crippen LogP contribution in [-0.2, 0) is 53.9 Å². The van der Waals surface area contributed by atoms with Crippen LogP contribution >= 0.6 is 0 Å². The van der Waals surface area contributed by atoms with E-state index < -0.39 is 128 Å². The number of phenols is 4. The summed E-state index contributed by atoms with van der Waals surface area (Å²) in [5, 5.41) is 102. The molecule has 5 rings (SSSR count). The fourth-order valence-electron chi connectivity index (χ4n) is 6.38. The van der Waals surface area contributed by atoms with Crippen LogP contribution in [0.3, 0.4) is 0 Å². The van der Waals surface area contributed by atoms with E-state index in [0.29, 0.717) is 5.56 Å². The number of aromatic hydroxyl groups is 4. The van der Waals surface area contributed by atoms with Gasteiger partial charge in [-0.2, -0.15) is 0 Å². The molecule has 20 heteroatoms. The van der Waals surface area contributed by atoms with Crippen molar-refractivity contribution in [3.05, 3.63) is 53.6 Å². The fourth-order valence-corrected chi connectivity index (χ4v) is 6.38. The standard InChI is InChI=1S/C37H48O20/c1-15-26(44)28(46)30(48)35(52-15)51-14-24-32(56-25(43)9-6-18-4-7-20(39)22(41)12-18)33(57-36-31(49)29(47)27(45)16(2)53-36)34(54-17(3)38)37(55-24)50-11-10-19-5-8-21(40)23(42)13-19/h4-9,12-13,15-16,24,26-37,39-42,44-49H,10-11,14H2,1-3H3/b9-6-/t15-,16-,24-,26+,27+,28+,29+,30+,31+,32-,33+,34-,35-,36+,37-/m1/s1. The highest BCUT2D eigenvalue weighted by atomic mass is 16.8. The average Bonchev–Trinajstić information content (AvgIpc) is 3.16. The van der Waals surface area contributed by atoms with Gasteiger partial charge in [0, 0.05) is 13.0 Å². The summed E-state index contributed by atoms with van der Waals surface area (Å²) in [7, 11) is 0. The molecule has 10 N–H and O–H groups in total. The molecule has 0 saturated carbocycles. The minimum absolute atomic E-state index is 0.107. The van der Waals surface area contributed by atoms with E-state index >= 15 is 0 Å². The number of carbonyl (C=O) groups is 2. The number of hydrogen-bond acceptors (Lipinski definition) is 20. The van der Waals surface area contributed by atoms with Gasteiger partial charge in [0.25, 0.3) is 0 Å². The van der Waals surface area contributed by atoms with Gasteiger partial charge >= 0.3 is 11.9 Å². The Morgan fingerprint density at radius 3 is 1.86 bits per heavy atom. The van der Waals surface area contributed by atoms with Crippen molar-refractivity contribution in [1.82, 2.24) is 0 Å². The minimum atomic E-state index is -1.90. The monoisotopic (exact) mass is 812 g/mol. The van der Waals surface area contributed by atoms with Gasteiger partial charge in [0.05, 0.1) is 25.4 Å². The van der Waals surface area contributed by atoms with Crippen molar-refractivity contribution >= 4 is 18.0 Å². The van der Waals surface area contributed by atoms with Crippen molar-refractivity contribution in [3.63, 3.8) is 0 Å². The normalized spacial score (nSPS) is 35.8. The Balaban J connectivity index is 1.50. The van der Waals surface area contributed by atoms with Crippen molar-refractivity contribution < 1.29 is 98.5 Å². The number of phenolic OH excluding ortho intramolecular Hbond substituents is 4. The molecular formula is C37H48O20. The van der Waals surface area contributed by atoms with Crippen molar-refractivity contribution in [2.24, 2.45) is 0 Å². The largest absolute Gasteiger partial charge is 0.504 e. The van der Waals surface area contributed by atoms with Gasteiger partial charge in [0.15, 0.2) is 54.1 Å². The van der Waals surface area contributed by atoms with Crippen molar-refractivity contribution in [2.45, 2.75) is 119 Å². The molecule has 2 aromatic rings. The van der Waals surface area contributed by atoms with E-state index in [1.54, 1.807) is 0 Å². The fraction of sp³-hybridized carbons (Fsp3) is 0.568. The highest BCUT2D eigenvalue weighted by molar-refractivity contribution is 5.87. The number of esters is 2. The Labute approximate surface area is 325 Å². The summed E-state index contributed by atoms with van der Waals surface area (Å²) in [5.74, 6) is -3.59. The van der Waals surface area contributed by atoms with Crippen LogP contribution in [0.2, 0.25) is 0 Å². The first-order valence-corrected chi connectivity index (χ1v) is 18.0. The summed E-state index contributed by atoms with van der Waals surface area (Å²) in [6.07, 6.45) is -21.3. The quantitative estimate of drug-likeness (QED) is 0.0619. The molecule has 0 radical (unpaired) electrons. The van der Waals surface area contributed by atoms with Crippen LogP contribution in [0.4, 0.5) is 0 Å². The summed E-state index contributed by atoms with van der Waals surface area (Å²) in [6, 6.07) is 7.79. The van der Waals surface area contributed by atoms with Crippen molar-refractivity contribution in [3.8, 4) is 23.0 Å². The molecule has 57 heavy (non-hydrogen) atoms. The molecule has 3 saturated heterocycles. The molecule has 0 aliphatic carbocycles. The van der Waals surface area contributed by atoms with Crippen LogP contribution in [0.5, 0.6) is 23.0 Å². The molecule has 0 bridgehead atoms. The van der Waals surface area contributed by atoms with Crippen LogP contribution in [0.1, 0.15) is 31.9 Å². The molecule has 316 valence electrons. The third kappa shape index (κ3) is 10.7. The van der Waals surface area contributed by atoms with Gasteiger partial charge in [-0.05, 0) is 61.7 Å². The minimum Gasteiger partial charge on any atom is -0.504 e. The molecule has 15 atom stereocenters. The number of aliphatic hydroxyl groups is 6. The van der Waals surface area contributed by atoms with Crippen LogP contribution in [0.15, 0.2) is 42.5 Å². The van der Waals surface area contributed by atoms with Gasteiger partial charge < -0.3 is 89.0 Å². The number of ether oxygens (including phenoxy) is 8. The molecule has 3 aliphatic rings. The molecule has 0 amide bonds. The zero-order chi connectivity index (χ0) is 41.7. The Hall–Kier alpha value is -4.16. The molecule has 0 spiro atoms. The predicted molar refractivity (Wildman–Crippen MR) is 188 cm³/mol. The molecule has 20 nitrogen and oxygen atoms in total. The summed E-state index contributed by atoms with van der Waals surface area (Å²) in [6.45, 7) is 3.05. The first-order chi connectivity index (χ1) is 26.9. The number of benzene rings is 2. The first kappa shape index (κ1) is 44.0. The van der Waals surface area contributed by atoms with Gasteiger partial charge in [0.1, 0.15) is 48.8 Å². The summed E-state index contributed by atoms with van der Waals surface area (Å²) >= 11 is 0. The molecular weight excluding hydrogens is 764 g/mol. The van der Waals surface area contributed by atoms with E-state index in [2.05, 4.69) is 0 Å². The molecule has 3 aliphatic heterocycles. The number of aliphatic hydroxyl groups excluding tert-OH is 6. The Bertz CT molecular complexity index is 1710. The van der Waals surface area contributed by atoms with E-state index in [-0.39, 0.29) is 24.3 Å². The zero-order valence-corrected chi connectivity index (χ0v) is 31.0. The maximum absolute atomic E-state index is 13.5. The second-order valence-electron chi connectivity index (χ2n) is 13.8. The summed E-state index contributed by atoms with van der Waals surface area (Å²) in [5.41, 5.74) is 0.776. The van der Waals surface area contributed by atoms with E-state index in [1.807, 2.05) is 0 Å². The number of rotatable bonds is 13. The zero-order valence-electron chi connectivity index (χ0n) is 31.0. The van der Waals surface area contributed by atoms with E-state index in [9.17, 15) is 60.7 Å². The van der Waals surface area contributed by atoms with Crippen molar-refractivity contribution in [2.75, 3.05) is 13.2 Å². The van der Waals surface area contributed by atoms with Gasteiger partial charge in [-0.1, -0.05) is 12.1 Å². The third-order valence-electron chi connectivity index (χ3n) is 9.60. The van der Waals surface area contributed by atoms with Gasteiger partial charge in [-0.3, -0.25) is 4.79 Å². The Kier molecular flexibility index (Phi) is 14.7. The Morgan fingerprint density at radius 2 is 1.25 bits per heavy atom. The second kappa shape index (κ2) is 19.1. The predicted octanol–water partition coefficient (Wildman–Crippen LogP) is -1.59. The van der Waals surface area contributed by atoms with Crippen LogP contribution in [0.25, 0.3) is 6.08 Å². The molecule has 2 aromatic carbocycles. The second-order valence-corrected chi connectivity index (χ2v) is 13.8. The molecule has 0 unspecified atom stereocenters. The third-order valence-corrected chi connectivity index (χ3v) is 9.60. The molecule has 3 heterocycles. The average molecular weight is 813 g/mol. The molecule has 3 fully saturated rings. The van der Waals surface area contributed by atoms with Crippen LogP contribution in [-0.4, -0.2) is 168 Å². The lowest BCUT2D eigenvalue weighted by molar-refractivity contribution is -0.364. The van der Waals surface area contributed by atoms with E-state index in [4.69, 9.17) is 37.9 Å². The van der Waals surface area contributed by atoms with Gasteiger partial charge in [-0.25, -0.2) is 4.79 Å². The smallest absolute Gasteiger partial charge is 0.331 e. The summed E-state index contributed by atoms with van der Waals surface area (Å²) < 4.78 is 46.8. The van der Waals surface area contributed by atoms with Crippen LogP contribution in [0, 0.1) is 0 Å². The lowest BCUT2D eigenvalue weighted by Gasteiger charge is -2.48. The summed E-state index contributed by atoms with van der Waals surface area (Å²) in [4.78, 5) is 26.1. The van der Waals surface area contributed by atoms with Gasteiger partial charge in [-0.15, -0.1) is 0 Å². The highest BCUT2D eigenvalue weighted by Gasteiger charge is 2.55. The maximum atomic E-state index is 13.5. The lowest BCUT2D eigenvalue weighted by Crippen LogP contribution is -2.66. The number of hydrogen-bond donors (Lipinski definition) is 10.